The number of nitrogens with one attached hydrogen (secondary N) is 2. The molecule has 1 amide bonds. The highest BCUT2D eigenvalue weighted by Crippen LogP contribution is 2.12. The van der Waals surface area contributed by atoms with Crippen LogP contribution in [0.2, 0.25) is 0 Å². The fourth-order valence-electron chi connectivity index (χ4n) is 1.85. The Labute approximate surface area is 116 Å². The molecule has 0 aliphatic carbocycles. The van der Waals surface area contributed by atoms with Crippen LogP contribution in [0.1, 0.15) is 46.6 Å². The van der Waals surface area contributed by atoms with Gasteiger partial charge in [-0.15, -0.1) is 0 Å². The third kappa shape index (κ3) is 5.77. The first-order chi connectivity index (χ1) is 8.81. The highest BCUT2D eigenvalue weighted by Gasteiger charge is 2.18. The van der Waals surface area contributed by atoms with Crippen molar-refractivity contribution in [2.24, 2.45) is 0 Å². The molecule has 1 unspecified atom stereocenters. The van der Waals surface area contributed by atoms with Crippen LogP contribution >= 0.6 is 0 Å². The van der Waals surface area contributed by atoms with Gasteiger partial charge in [-0.25, -0.2) is 0 Å². The van der Waals surface area contributed by atoms with Crippen LogP contribution in [0.5, 0.6) is 0 Å². The molecule has 19 heavy (non-hydrogen) atoms. The zero-order valence-corrected chi connectivity index (χ0v) is 12.7. The molecule has 0 aromatic heterocycles. The summed E-state index contributed by atoms with van der Waals surface area (Å²) in [6.45, 7) is 10.00. The zero-order valence-electron chi connectivity index (χ0n) is 12.7. The van der Waals surface area contributed by atoms with Crippen molar-refractivity contribution in [2.75, 3.05) is 5.32 Å². The predicted molar refractivity (Wildman–Crippen MR) is 81.4 cm³/mol. The number of hydrogen-bond donors (Lipinski definition) is 2. The molecule has 0 saturated carbocycles. The molecule has 2 N–H and O–H groups in total. The van der Waals surface area contributed by atoms with Crippen molar-refractivity contribution in [3.05, 3.63) is 29.8 Å². The van der Waals surface area contributed by atoms with Gasteiger partial charge in [0.05, 0.1) is 0 Å². The van der Waals surface area contributed by atoms with Crippen LogP contribution < -0.4 is 10.6 Å². The molecular formula is C16H26N2O. The summed E-state index contributed by atoms with van der Waals surface area (Å²) < 4.78 is 0. The summed E-state index contributed by atoms with van der Waals surface area (Å²) >= 11 is 0. The van der Waals surface area contributed by atoms with Crippen molar-refractivity contribution in [2.45, 2.75) is 59.0 Å². The Bertz CT molecular complexity index is 404. The lowest BCUT2D eigenvalue weighted by Gasteiger charge is -2.24. The second kappa shape index (κ2) is 6.60. The van der Waals surface area contributed by atoms with Crippen molar-refractivity contribution in [3.63, 3.8) is 0 Å². The number of anilines is 1. The lowest BCUT2D eigenvalue weighted by molar-refractivity contribution is -0.122. The average molecular weight is 262 g/mol. The maximum Gasteiger partial charge on any atom is 0.242 e. The lowest BCUT2D eigenvalue weighted by Crippen LogP contribution is -2.47. The van der Waals surface area contributed by atoms with Crippen LogP contribution in [0.3, 0.4) is 0 Å². The van der Waals surface area contributed by atoms with E-state index in [1.54, 1.807) is 0 Å². The molecule has 3 nitrogen and oxygen atoms in total. The number of carbonyl (C=O) groups is 1. The van der Waals surface area contributed by atoms with Crippen LogP contribution in [-0.4, -0.2) is 17.5 Å². The number of aryl methyl sites for hydroxylation is 1. The van der Waals surface area contributed by atoms with E-state index in [1.165, 1.54) is 5.56 Å². The second-order valence-electron chi connectivity index (χ2n) is 6.05. The molecule has 0 radical (unpaired) electrons. The van der Waals surface area contributed by atoms with E-state index in [4.69, 9.17) is 0 Å². The molecule has 0 bridgehead atoms. The van der Waals surface area contributed by atoms with Crippen molar-refractivity contribution < 1.29 is 4.79 Å². The van der Waals surface area contributed by atoms with Crippen LogP contribution in [0, 0.1) is 0 Å². The molecule has 0 saturated heterocycles. The second-order valence-corrected chi connectivity index (χ2v) is 6.05. The Kier molecular flexibility index (Phi) is 5.40. The van der Waals surface area contributed by atoms with Crippen molar-refractivity contribution >= 4 is 11.6 Å². The van der Waals surface area contributed by atoms with Crippen LogP contribution in [0.15, 0.2) is 24.3 Å². The fraction of sp³-hybridized carbons (Fsp3) is 0.562. The predicted octanol–water partition coefficient (Wildman–Crippen LogP) is 3.35. The maximum atomic E-state index is 12.0. The normalized spacial score (nSPS) is 12.9. The van der Waals surface area contributed by atoms with E-state index in [0.29, 0.717) is 0 Å². The highest BCUT2D eigenvalue weighted by atomic mass is 16.2. The van der Waals surface area contributed by atoms with E-state index in [-0.39, 0.29) is 17.5 Å². The summed E-state index contributed by atoms with van der Waals surface area (Å²) in [4.78, 5) is 12.0. The molecule has 1 rings (SSSR count). The van der Waals surface area contributed by atoms with Crippen LogP contribution in [0.4, 0.5) is 5.69 Å². The minimum atomic E-state index is -0.240. The summed E-state index contributed by atoms with van der Waals surface area (Å²) in [5, 5.41) is 6.19. The molecule has 1 aromatic rings. The molecule has 0 heterocycles. The Morgan fingerprint density at radius 2 is 1.79 bits per heavy atom. The first kappa shape index (κ1) is 15.5. The monoisotopic (exact) mass is 262 g/mol. The first-order valence-corrected chi connectivity index (χ1v) is 6.99. The van der Waals surface area contributed by atoms with Crippen molar-refractivity contribution in [1.82, 2.24) is 5.32 Å². The van der Waals surface area contributed by atoms with Gasteiger partial charge in [0.2, 0.25) is 5.91 Å². The number of benzene rings is 1. The van der Waals surface area contributed by atoms with Gasteiger partial charge in [0.15, 0.2) is 0 Å². The Hall–Kier alpha value is -1.51. The SMILES string of the molecule is CCCc1ccc(NC(C)C(=O)NC(C)(C)C)cc1. The molecular weight excluding hydrogens is 236 g/mol. The Morgan fingerprint density at radius 3 is 2.26 bits per heavy atom. The zero-order chi connectivity index (χ0) is 14.5. The van der Waals surface area contributed by atoms with E-state index in [9.17, 15) is 4.79 Å². The van der Waals surface area contributed by atoms with Crippen molar-refractivity contribution in [1.29, 1.82) is 0 Å². The van der Waals surface area contributed by atoms with Gasteiger partial charge in [0.1, 0.15) is 6.04 Å². The molecule has 0 aliphatic rings. The highest BCUT2D eigenvalue weighted by molar-refractivity contribution is 5.84. The van der Waals surface area contributed by atoms with Gasteiger partial charge in [-0.3, -0.25) is 4.79 Å². The summed E-state index contributed by atoms with van der Waals surface area (Å²) in [6.07, 6.45) is 2.25. The number of carbonyl (C=O) groups excluding carboxylic acids is 1. The molecule has 1 atom stereocenters. The minimum Gasteiger partial charge on any atom is -0.374 e. The average Bonchev–Trinajstić information content (AvgIpc) is 2.29. The quantitative estimate of drug-likeness (QED) is 0.854. The summed E-state index contributed by atoms with van der Waals surface area (Å²) in [7, 11) is 0. The number of hydrogen-bond acceptors (Lipinski definition) is 2. The number of amides is 1. The number of rotatable bonds is 5. The minimum absolute atomic E-state index is 0.0186. The van der Waals surface area contributed by atoms with Crippen molar-refractivity contribution in [3.8, 4) is 0 Å². The topological polar surface area (TPSA) is 41.1 Å². The fourth-order valence-corrected chi connectivity index (χ4v) is 1.85. The summed E-state index contributed by atoms with van der Waals surface area (Å²) in [5.41, 5.74) is 2.12. The lowest BCUT2D eigenvalue weighted by atomic mass is 10.1. The Balaban J connectivity index is 2.56. The largest absolute Gasteiger partial charge is 0.374 e. The molecule has 1 aromatic carbocycles. The molecule has 3 heteroatoms. The van der Waals surface area contributed by atoms with Gasteiger partial charge < -0.3 is 10.6 Å². The smallest absolute Gasteiger partial charge is 0.242 e. The third-order valence-corrected chi connectivity index (χ3v) is 2.77. The molecule has 0 fully saturated rings. The van der Waals surface area contributed by atoms with E-state index < -0.39 is 0 Å². The van der Waals surface area contributed by atoms with Gasteiger partial charge in [-0.2, -0.15) is 0 Å². The van der Waals surface area contributed by atoms with Gasteiger partial charge in [0.25, 0.3) is 0 Å². The maximum absolute atomic E-state index is 12.0. The molecule has 0 spiro atoms. The van der Waals surface area contributed by atoms with E-state index in [0.717, 1.165) is 18.5 Å². The van der Waals surface area contributed by atoms with Gasteiger partial charge >= 0.3 is 0 Å². The molecule has 0 aliphatic heterocycles. The van der Waals surface area contributed by atoms with Gasteiger partial charge in [-0.05, 0) is 51.8 Å². The third-order valence-electron chi connectivity index (χ3n) is 2.77. The van der Waals surface area contributed by atoms with Gasteiger partial charge in [0, 0.05) is 11.2 Å². The van der Waals surface area contributed by atoms with Crippen LogP contribution in [-0.2, 0) is 11.2 Å². The van der Waals surface area contributed by atoms with E-state index in [1.807, 2.05) is 39.8 Å². The standard InChI is InChI=1S/C16H26N2O/c1-6-7-13-8-10-14(11-9-13)17-12(2)15(19)18-16(3,4)5/h8-12,17H,6-7H2,1-5H3,(H,18,19). The van der Waals surface area contributed by atoms with Gasteiger partial charge in [-0.1, -0.05) is 25.5 Å². The summed E-state index contributed by atoms with van der Waals surface area (Å²) in [6, 6.07) is 8.05. The van der Waals surface area contributed by atoms with Crippen LogP contribution in [0.25, 0.3) is 0 Å². The Morgan fingerprint density at radius 1 is 1.21 bits per heavy atom. The first-order valence-electron chi connectivity index (χ1n) is 6.99. The summed E-state index contributed by atoms with van der Waals surface area (Å²) in [5.74, 6) is 0.0186. The van der Waals surface area contributed by atoms with E-state index in [2.05, 4.69) is 29.7 Å². The van der Waals surface area contributed by atoms with E-state index >= 15 is 0 Å². The molecule has 106 valence electrons.